The first-order valence-corrected chi connectivity index (χ1v) is 9.46. The predicted octanol–water partition coefficient (Wildman–Crippen LogP) is 5.45. The summed E-state index contributed by atoms with van der Waals surface area (Å²) in [5.74, 6) is 1.21. The van der Waals surface area contributed by atoms with Gasteiger partial charge in [-0.1, -0.05) is 24.3 Å². The fraction of sp³-hybridized carbons (Fsp3) is 0.278. The maximum Gasteiger partial charge on any atom is 0.416 e. The summed E-state index contributed by atoms with van der Waals surface area (Å²) >= 11 is 6.70. The Hall–Kier alpha value is -1.80. The number of hydrogen-bond acceptors (Lipinski definition) is 2. The number of benzene rings is 2. The first-order chi connectivity index (χ1) is 12.4. The van der Waals surface area contributed by atoms with Crippen molar-refractivity contribution >= 4 is 34.8 Å². The fourth-order valence-corrected chi connectivity index (χ4v) is 3.29. The van der Waals surface area contributed by atoms with Crippen molar-refractivity contribution in [2.75, 3.05) is 17.6 Å². The second-order valence-corrected chi connectivity index (χ2v) is 6.97. The number of thioether (sulfide) groups is 1. The van der Waals surface area contributed by atoms with Crippen molar-refractivity contribution in [2.24, 2.45) is 0 Å². The van der Waals surface area contributed by atoms with Crippen LogP contribution in [0, 0.1) is 5.82 Å². The molecule has 0 unspecified atom stereocenters. The van der Waals surface area contributed by atoms with Crippen LogP contribution in [-0.2, 0) is 11.9 Å². The standard InChI is InChI=1S/C18H18F4N2S2/c19-16-8-2-1-5-13(16)12-26-10-4-9-23-17(25)24-15-7-3-6-14(11-15)18(20,21)22/h1-3,5-8,11H,4,9-10,12H2,(H2,23,24,25). The van der Waals surface area contributed by atoms with Gasteiger partial charge in [0, 0.05) is 18.0 Å². The molecular weight excluding hydrogens is 384 g/mol. The highest BCUT2D eigenvalue weighted by atomic mass is 32.2. The van der Waals surface area contributed by atoms with Gasteiger partial charge in [-0.3, -0.25) is 0 Å². The molecule has 140 valence electrons. The van der Waals surface area contributed by atoms with E-state index in [0.717, 1.165) is 24.3 Å². The van der Waals surface area contributed by atoms with E-state index in [0.29, 0.717) is 17.9 Å². The minimum absolute atomic E-state index is 0.204. The van der Waals surface area contributed by atoms with Crippen molar-refractivity contribution in [3.63, 3.8) is 0 Å². The van der Waals surface area contributed by atoms with E-state index in [1.165, 1.54) is 18.2 Å². The summed E-state index contributed by atoms with van der Waals surface area (Å²) in [7, 11) is 0. The van der Waals surface area contributed by atoms with Gasteiger partial charge < -0.3 is 10.6 Å². The molecule has 2 aromatic carbocycles. The van der Waals surface area contributed by atoms with Crippen molar-refractivity contribution in [2.45, 2.75) is 18.3 Å². The Morgan fingerprint density at radius 3 is 2.58 bits per heavy atom. The summed E-state index contributed by atoms with van der Waals surface area (Å²) in [6.45, 7) is 0.578. The van der Waals surface area contributed by atoms with Gasteiger partial charge in [0.2, 0.25) is 0 Å². The van der Waals surface area contributed by atoms with E-state index in [4.69, 9.17) is 12.2 Å². The number of thiocarbonyl (C=S) groups is 1. The zero-order valence-corrected chi connectivity index (χ0v) is 15.4. The van der Waals surface area contributed by atoms with Crippen LogP contribution in [0.15, 0.2) is 48.5 Å². The number of halogens is 4. The minimum atomic E-state index is -4.39. The molecule has 2 N–H and O–H groups in total. The fourth-order valence-electron chi connectivity index (χ4n) is 2.12. The van der Waals surface area contributed by atoms with Crippen molar-refractivity contribution < 1.29 is 17.6 Å². The van der Waals surface area contributed by atoms with Crippen LogP contribution < -0.4 is 10.6 Å². The van der Waals surface area contributed by atoms with E-state index in [1.54, 1.807) is 30.0 Å². The molecule has 2 aromatic rings. The second kappa shape index (κ2) is 9.78. The number of alkyl halides is 3. The van der Waals surface area contributed by atoms with Crippen LogP contribution in [0.4, 0.5) is 23.2 Å². The number of rotatable bonds is 7. The Kier molecular flexibility index (Phi) is 7.71. The lowest BCUT2D eigenvalue weighted by Gasteiger charge is -2.12. The summed E-state index contributed by atoms with van der Waals surface area (Å²) in [6.07, 6.45) is -3.59. The minimum Gasteiger partial charge on any atom is -0.362 e. The molecule has 0 saturated carbocycles. The van der Waals surface area contributed by atoms with Gasteiger partial charge in [0.1, 0.15) is 5.82 Å². The van der Waals surface area contributed by atoms with Crippen molar-refractivity contribution in [1.82, 2.24) is 5.32 Å². The topological polar surface area (TPSA) is 24.1 Å². The molecule has 0 fully saturated rings. The zero-order valence-electron chi connectivity index (χ0n) is 13.8. The molecule has 0 aliphatic heterocycles. The van der Waals surface area contributed by atoms with E-state index in [1.807, 2.05) is 0 Å². The summed E-state index contributed by atoms with van der Waals surface area (Å²) in [5.41, 5.74) is 0.230. The van der Waals surface area contributed by atoms with Crippen LogP contribution in [0.1, 0.15) is 17.5 Å². The van der Waals surface area contributed by atoms with E-state index >= 15 is 0 Å². The molecular formula is C18H18F4N2S2. The molecule has 0 bridgehead atoms. The Morgan fingerprint density at radius 2 is 1.85 bits per heavy atom. The highest BCUT2D eigenvalue weighted by molar-refractivity contribution is 7.98. The Morgan fingerprint density at radius 1 is 1.08 bits per heavy atom. The summed E-state index contributed by atoms with van der Waals surface area (Å²) in [6, 6.07) is 11.5. The van der Waals surface area contributed by atoms with Crippen LogP contribution in [-0.4, -0.2) is 17.4 Å². The van der Waals surface area contributed by atoms with Gasteiger partial charge in [-0.2, -0.15) is 24.9 Å². The number of anilines is 1. The van der Waals surface area contributed by atoms with Gasteiger partial charge in [0.15, 0.2) is 5.11 Å². The second-order valence-electron chi connectivity index (χ2n) is 5.46. The lowest BCUT2D eigenvalue weighted by molar-refractivity contribution is -0.137. The Bertz CT molecular complexity index is 735. The molecule has 0 heterocycles. The molecule has 0 aliphatic rings. The molecule has 0 radical (unpaired) electrons. The van der Waals surface area contributed by atoms with Gasteiger partial charge in [0.25, 0.3) is 0 Å². The van der Waals surface area contributed by atoms with E-state index in [9.17, 15) is 17.6 Å². The van der Waals surface area contributed by atoms with Gasteiger partial charge in [-0.15, -0.1) is 0 Å². The smallest absolute Gasteiger partial charge is 0.362 e. The molecule has 2 rings (SSSR count). The molecule has 0 aliphatic carbocycles. The number of nitrogens with one attached hydrogen (secondary N) is 2. The van der Waals surface area contributed by atoms with Crippen molar-refractivity contribution in [3.8, 4) is 0 Å². The molecule has 0 saturated heterocycles. The van der Waals surface area contributed by atoms with E-state index in [2.05, 4.69) is 10.6 Å². The van der Waals surface area contributed by atoms with Crippen LogP contribution in [0.3, 0.4) is 0 Å². The average molecular weight is 402 g/mol. The van der Waals surface area contributed by atoms with Crippen molar-refractivity contribution in [1.29, 1.82) is 0 Å². The van der Waals surface area contributed by atoms with Crippen LogP contribution in [0.25, 0.3) is 0 Å². The maximum atomic E-state index is 13.5. The third-order valence-electron chi connectivity index (χ3n) is 3.41. The largest absolute Gasteiger partial charge is 0.416 e. The first kappa shape index (κ1) is 20.5. The van der Waals surface area contributed by atoms with Gasteiger partial charge in [0.05, 0.1) is 5.56 Å². The SMILES string of the molecule is Fc1ccccc1CSCCCNC(=S)Nc1cccc(C(F)(F)F)c1. The number of hydrogen-bond donors (Lipinski definition) is 2. The molecule has 26 heavy (non-hydrogen) atoms. The summed E-state index contributed by atoms with van der Waals surface area (Å²) in [5, 5.41) is 5.96. The van der Waals surface area contributed by atoms with Crippen LogP contribution >= 0.6 is 24.0 Å². The van der Waals surface area contributed by atoms with Crippen LogP contribution in [0.2, 0.25) is 0 Å². The van der Waals surface area contributed by atoms with Gasteiger partial charge >= 0.3 is 6.18 Å². The van der Waals surface area contributed by atoms with E-state index in [-0.39, 0.29) is 16.6 Å². The molecule has 8 heteroatoms. The summed E-state index contributed by atoms with van der Waals surface area (Å²) in [4.78, 5) is 0. The first-order valence-electron chi connectivity index (χ1n) is 7.89. The zero-order chi connectivity index (χ0) is 19.0. The van der Waals surface area contributed by atoms with Gasteiger partial charge in [-0.25, -0.2) is 4.39 Å². The molecule has 2 nitrogen and oxygen atoms in total. The third-order valence-corrected chi connectivity index (χ3v) is 4.75. The Labute approximate surface area is 159 Å². The molecule has 0 spiro atoms. The maximum absolute atomic E-state index is 13.5. The highest BCUT2D eigenvalue weighted by Crippen LogP contribution is 2.30. The van der Waals surface area contributed by atoms with E-state index < -0.39 is 11.7 Å². The molecule has 0 atom stereocenters. The molecule has 0 amide bonds. The highest BCUT2D eigenvalue weighted by Gasteiger charge is 2.30. The quantitative estimate of drug-likeness (QED) is 0.365. The monoisotopic (exact) mass is 402 g/mol. The average Bonchev–Trinajstić information content (AvgIpc) is 2.59. The third kappa shape index (κ3) is 6.84. The summed E-state index contributed by atoms with van der Waals surface area (Å²) < 4.78 is 51.5. The van der Waals surface area contributed by atoms with Gasteiger partial charge in [-0.05, 0) is 54.2 Å². The lowest BCUT2D eigenvalue weighted by atomic mass is 10.2. The predicted molar refractivity (Wildman–Crippen MR) is 103 cm³/mol. The Balaban J connectivity index is 1.66. The van der Waals surface area contributed by atoms with Crippen molar-refractivity contribution in [3.05, 3.63) is 65.5 Å². The normalized spacial score (nSPS) is 11.2. The lowest BCUT2D eigenvalue weighted by Crippen LogP contribution is -2.29. The molecule has 0 aromatic heterocycles. The van der Waals surface area contributed by atoms with Crippen LogP contribution in [0.5, 0.6) is 0 Å².